The number of carbonyl (C=O) groups is 1. The first-order valence-corrected chi connectivity index (χ1v) is 7.08. The van der Waals surface area contributed by atoms with Crippen molar-refractivity contribution in [3.8, 4) is 0 Å². The Morgan fingerprint density at radius 1 is 1.24 bits per heavy atom. The zero-order chi connectivity index (χ0) is 15.5. The first-order chi connectivity index (χ1) is 10.1. The van der Waals surface area contributed by atoms with Gasteiger partial charge >= 0.3 is 0 Å². The van der Waals surface area contributed by atoms with Gasteiger partial charge in [-0.1, -0.05) is 12.1 Å². The number of hydrogen-bond acceptors (Lipinski definition) is 5. The van der Waals surface area contributed by atoms with E-state index in [2.05, 4.69) is 10.6 Å². The van der Waals surface area contributed by atoms with Crippen LogP contribution < -0.4 is 10.6 Å². The van der Waals surface area contributed by atoms with Crippen LogP contribution in [-0.4, -0.2) is 49.0 Å². The summed E-state index contributed by atoms with van der Waals surface area (Å²) in [6.45, 7) is 3.75. The average Bonchev–Trinajstić information content (AvgIpc) is 2.46. The van der Waals surface area contributed by atoms with Gasteiger partial charge in [-0.25, -0.2) is 0 Å². The van der Waals surface area contributed by atoms with Crippen LogP contribution in [0.15, 0.2) is 24.3 Å². The summed E-state index contributed by atoms with van der Waals surface area (Å²) >= 11 is 0. The fourth-order valence-corrected chi connectivity index (χ4v) is 1.83. The van der Waals surface area contributed by atoms with Gasteiger partial charge in [0, 0.05) is 19.2 Å². The van der Waals surface area contributed by atoms with Crippen molar-refractivity contribution in [2.45, 2.75) is 19.4 Å². The van der Waals surface area contributed by atoms with E-state index in [9.17, 15) is 9.90 Å². The molecule has 6 nitrogen and oxygen atoms in total. The van der Waals surface area contributed by atoms with Crippen molar-refractivity contribution >= 4 is 11.6 Å². The second kappa shape index (κ2) is 10.3. The molecular weight excluding hydrogens is 272 g/mol. The lowest BCUT2D eigenvalue weighted by molar-refractivity contribution is -0.114. The van der Waals surface area contributed by atoms with Crippen LogP contribution in [-0.2, 0) is 9.53 Å². The van der Waals surface area contributed by atoms with Gasteiger partial charge in [0.25, 0.3) is 0 Å². The summed E-state index contributed by atoms with van der Waals surface area (Å²) in [4.78, 5) is 10.9. The highest BCUT2D eigenvalue weighted by molar-refractivity contribution is 5.88. The van der Waals surface area contributed by atoms with E-state index in [1.54, 1.807) is 24.3 Å². The van der Waals surface area contributed by atoms with Gasteiger partial charge in [0.1, 0.15) is 0 Å². The number of anilines is 1. The molecule has 0 spiro atoms. The number of aliphatic hydroxyl groups excluding tert-OH is 2. The van der Waals surface area contributed by atoms with E-state index in [-0.39, 0.29) is 12.5 Å². The first kappa shape index (κ1) is 17.6. The Kier molecular flexibility index (Phi) is 8.61. The van der Waals surface area contributed by atoms with Crippen molar-refractivity contribution in [1.29, 1.82) is 0 Å². The quantitative estimate of drug-likeness (QED) is 0.476. The zero-order valence-corrected chi connectivity index (χ0v) is 12.3. The van der Waals surface area contributed by atoms with Gasteiger partial charge in [0.15, 0.2) is 0 Å². The number of aliphatic hydroxyl groups is 2. The van der Waals surface area contributed by atoms with Crippen LogP contribution in [0.4, 0.5) is 5.69 Å². The van der Waals surface area contributed by atoms with Crippen molar-refractivity contribution in [3.63, 3.8) is 0 Å². The Morgan fingerprint density at radius 2 is 1.95 bits per heavy atom. The summed E-state index contributed by atoms with van der Waals surface area (Å²) in [5, 5.41) is 24.4. The fraction of sp³-hybridized carbons (Fsp3) is 0.533. The van der Waals surface area contributed by atoms with Crippen molar-refractivity contribution in [1.82, 2.24) is 5.32 Å². The van der Waals surface area contributed by atoms with Crippen LogP contribution in [0.5, 0.6) is 0 Å². The number of amides is 1. The van der Waals surface area contributed by atoms with Gasteiger partial charge in [0.2, 0.25) is 5.91 Å². The lowest BCUT2D eigenvalue weighted by Gasteiger charge is -2.12. The highest BCUT2D eigenvalue weighted by Crippen LogP contribution is 2.18. The van der Waals surface area contributed by atoms with Crippen molar-refractivity contribution in [2.75, 3.05) is 38.2 Å². The maximum absolute atomic E-state index is 10.9. The molecule has 1 aromatic rings. The Bertz CT molecular complexity index is 409. The normalized spacial score (nSPS) is 12.1. The van der Waals surface area contributed by atoms with E-state index < -0.39 is 6.10 Å². The monoisotopic (exact) mass is 296 g/mol. The van der Waals surface area contributed by atoms with Crippen LogP contribution in [0, 0.1) is 0 Å². The summed E-state index contributed by atoms with van der Waals surface area (Å²) in [6, 6.07) is 7.16. The lowest BCUT2D eigenvalue weighted by Crippen LogP contribution is -2.22. The summed E-state index contributed by atoms with van der Waals surface area (Å²) in [7, 11) is 0. The molecule has 0 aliphatic rings. The summed E-state index contributed by atoms with van der Waals surface area (Å²) in [5.41, 5.74) is 1.54. The summed E-state index contributed by atoms with van der Waals surface area (Å²) in [5.74, 6) is -0.115. The maximum atomic E-state index is 10.9. The molecule has 1 aromatic carbocycles. The average molecular weight is 296 g/mol. The maximum Gasteiger partial charge on any atom is 0.221 e. The molecule has 0 heterocycles. The number of carbonyl (C=O) groups excluding carboxylic acids is 1. The molecule has 0 fully saturated rings. The van der Waals surface area contributed by atoms with Crippen LogP contribution in [0.2, 0.25) is 0 Å². The number of nitrogens with one attached hydrogen (secondary N) is 2. The van der Waals surface area contributed by atoms with Gasteiger partial charge in [-0.05, 0) is 30.7 Å². The third-order valence-corrected chi connectivity index (χ3v) is 2.87. The molecule has 6 heteroatoms. The molecular formula is C15H24N2O4. The second-order valence-electron chi connectivity index (χ2n) is 4.69. The lowest BCUT2D eigenvalue weighted by atomic mass is 10.1. The van der Waals surface area contributed by atoms with E-state index in [1.807, 2.05) is 0 Å². The molecule has 1 amide bonds. The molecule has 21 heavy (non-hydrogen) atoms. The molecule has 4 N–H and O–H groups in total. The van der Waals surface area contributed by atoms with Gasteiger partial charge in [-0.15, -0.1) is 0 Å². The van der Waals surface area contributed by atoms with E-state index in [0.29, 0.717) is 32.7 Å². The SMILES string of the molecule is CC(=O)Nc1ccc(C(O)CCNCCOCCO)cc1. The van der Waals surface area contributed by atoms with E-state index in [4.69, 9.17) is 9.84 Å². The van der Waals surface area contributed by atoms with Gasteiger partial charge < -0.3 is 25.6 Å². The Morgan fingerprint density at radius 3 is 2.57 bits per heavy atom. The third kappa shape index (κ3) is 7.77. The zero-order valence-electron chi connectivity index (χ0n) is 12.3. The second-order valence-corrected chi connectivity index (χ2v) is 4.69. The molecule has 1 atom stereocenters. The molecule has 0 aliphatic heterocycles. The fourth-order valence-electron chi connectivity index (χ4n) is 1.83. The molecule has 0 aliphatic carbocycles. The minimum atomic E-state index is -0.540. The summed E-state index contributed by atoms with van der Waals surface area (Å²) in [6.07, 6.45) is 0.0571. The predicted octanol–water partition coefficient (Wildman–Crippen LogP) is 0.667. The number of ether oxygens (including phenoxy) is 1. The summed E-state index contributed by atoms with van der Waals surface area (Å²) < 4.78 is 5.11. The highest BCUT2D eigenvalue weighted by atomic mass is 16.5. The standard InChI is InChI=1S/C15H24N2O4/c1-12(19)17-14-4-2-13(3-5-14)15(20)6-7-16-8-10-21-11-9-18/h2-5,15-16,18,20H,6-11H2,1H3,(H,17,19). The Hall–Kier alpha value is -1.47. The Labute approximate surface area is 125 Å². The molecule has 1 rings (SSSR count). The molecule has 0 bridgehead atoms. The molecule has 0 saturated heterocycles. The largest absolute Gasteiger partial charge is 0.394 e. The first-order valence-electron chi connectivity index (χ1n) is 7.08. The van der Waals surface area contributed by atoms with Crippen LogP contribution >= 0.6 is 0 Å². The topological polar surface area (TPSA) is 90.8 Å². The van der Waals surface area contributed by atoms with Crippen LogP contribution in [0.3, 0.4) is 0 Å². The van der Waals surface area contributed by atoms with E-state index >= 15 is 0 Å². The number of benzene rings is 1. The molecule has 0 saturated carbocycles. The number of rotatable bonds is 10. The van der Waals surface area contributed by atoms with E-state index in [0.717, 1.165) is 11.3 Å². The van der Waals surface area contributed by atoms with Crippen LogP contribution in [0.1, 0.15) is 25.0 Å². The van der Waals surface area contributed by atoms with Crippen LogP contribution in [0.25, 0.3) is 0 Å². The van der Waals surface area contributed by atoms with E-state index in [1.165, 1.54) is 6.92 Å². The van der Waals surface area contributed by atoms with Crippen molar-refractivity contribution in [3.05, 3.63) is 29.8 Å². The van der Waals surface area contributed by atoms with Crippen molar-refractivity contribution in [2.24, 2.45) is 0 Å². The van der Waals surface area contributed by atoms with Gasteiger partial charge in [-0.2, -0.15) is 0 Å². The predicted molar refractivity (Wildman–Crippen MR) is 81.1 cm³/mol. The molecule has 118 valence electrons. The van der Waals surface area contributed by atoms with Gasteiger partial charge in [-0.3, -0.25) is 4.79 Å². The third-order valence-electron chi connectivity index (χ3n) is 2.87. The number of hydrogen-bond donors (Lipinski definition) is 4. The minimum absolute atomic E-state index is 0.0349. The molecule has 1 unspecified atom stereocenters. The van der Waals surface area contributed by atoms with Crippen molar-refractivity contribution < 1.29 is 19.7 Å². The smallest absolute Gasteiger partial charge is 0.221 e. The Balaban J connectivity index is 2.22. The molecule has 0 aromatic heterocycles. The molecule has 0 radical (unpaired) electrons. The minimum Gasteiger partial charge on any atom is -0.394 e. The van der Waals surface area contributed by atoms with Gasteiger partial charge in [0.05, 0.1) is 25.9 Å². The highest BCUT2D eigenvalue weighted by Gasteiger charge is 2.07.